The number of carboxylic acid groups (broad SMARTS) is 2. The van der Waals surface area contributed by atoms with E-state index in [2.05, 4.69) is 0 Å². The summed E-state index contributed by atoms with van der Waals surface area (Å²) in [7, 11) is 0. The summed E-state index contributed by atoms with van der Waals surface area (Å²) in [5.74, 6) is -5.70. The zero-order valence-electron chi connectivity index (χ0n) is 8.66. The van der Waals surface area contributed by atoms with Gasteiger partial charge in [0.25, 0.3) is 11.5 Å². The van der Waals surface area contributed by atoms with Crippen molar-refractivity contribution in [2.45, 2.75) is 6.61 Å². The molecule has 17 heavy (non-hydrogen) atoms. The largest absolute Gasteiger partial charge is 0.499 e. The summed E-state index contributed by atoms with van der Waals surface area (Å²) in [6, 6.07) is 8.57. The van der Waals surface area contributed by atoms with Gasteiger partial charge in [0.05, 0.1) is 0 Å². The average molecular weight is 238 g/mol. The summed E-state index contributed by atoms with van der Waals surface area (Å²) in [6.07, 6.45) is 0. The van der Waals surface area contributed by atoms with Crippen LogP contribution in [0.3, 0.4) is 0 Å². The van der Waals surface area contributed by atoms with E-state index in [0.29, 0.717) is 5.56 Å². The maximum absolute atomic E-state index is 10.7. The number of rotatable bonds is 5. The highest BCUT2D eigenvalue weighted by Crippen LogP contribution is 2.09. The van der Waals surface area contributed by atoms with Gasteiger partial charge < -0.3 is 20.1 Å². The molecule has 0 saturated heterocycles. The number of carboxylic acids is 2. The van der Waals surface area contributed by atoms with Crippen molar-refractivity contribution in [2.75, 3.05) is 0 Å². The molecule has 0 radical (unpaired) electrons. The van der Waals surface area contributed by atoms with E-state index in [1.165, 1.54) is 0 Å². The van der Waals surface area contributed by atoms with E-state index < -0.39 is 23.5 Å². The first-order valence-electron chi connectivity index (χ1n) is 4.59. The second-order valence-corrected chi connectivity index (χ2v) is 3.06. The molecule has 0 unspecified atom stereocenters. The lowest BCUT2D eigenvalue weighted by molar-refractivity contribution is -0.141. The topological polar surface area (TPSA) is 104 Å². The molecular formula is C11H10O6. The van der Waals surface area contributed by atoms with Crippen LogP contribution in [0.2, 0.25) is 0 Å². The Labute approximate surface area is 96.4 Å². The predicted molar refractivity (Wildman–Crippen MR) is 56.2 cm³/mol. The molecule has 0 aliphatic carbocycles. The molecular weight excluding hydrogens is 228 g/mol. The minimum Gasteiger partial charge on any atom is -0.499 e. The highest BCUT2D eigenvalue weighted by Gasteiger charge is 2.21. The maximum Gasteiger partial charge on any atom is 0.375 e. The van der Waals surface area contributed by atoms with Crippen molar-refractivity contribution in [3.8, 4) is 0 Å². The molecule has 90 valence electrons. The number of hydrogen-bond donors (Lipinski definition) is 3. The zero-order valence-corrected chi connectivity index (χ0v) is 8.66. The zero-order chi connectivity index (χ0) is 12.8. The first kappa shape index (κ1) is 12.6. The SMILES string of the molecule is O=C(O)/C(O)=C(\OCc1ccccc1)C(=O)O. The lowest BCUT2D eigenvalue weighted by Gasteiger charge is -2.07. The molecule has 1 aromatic rings. The van der Waals surface area contributed by atoms with E-state index >= 15 is 0 Å². The molecule has 0 aromatic heterocycles. The number of hydrogen-bond acceptors (Lipinski definition) is 4. The third kappa shape index (κ3) is 3.53. The molecule has 3 N–H and O–H groups in total. The van der Waals surface area contributed by atoms with Crippen LogP contribution in [0.25, 0.3) is 0 Å². The fourth-order valence-electron chi connectivity index (χ4n) is 1.06. The molecule has 0 spiro atoms. The third-order valence-corrected chi connectivity index (χ3v) is 1.84. The van der Waals surface area contributed by atoms with Crippen molar-refractivity contribution >= 4 is 11.9 Å². The van der Waals surface area contributed by atoms with Crippen molar-refractivity contribution in [1.29, 1.82) is 0 Å². The van der Waals surface area contributed by atoms with E-state index in [1.54, 1.807) is 30.3 Å². The highest BCUT2D eigenvalue weighted by atomic mass is 16.5. The van der Waals surface area contributed by atoms with Crippen LogP contribution in [0.4, 0.5) is 0 Å². The molecule has 0 amide bonds. The van der Waals surface area contributed by atoms with Crippen molar-refractivity contribution in [3.05, 3.63) is 47.4 Å². The first-order valence-corrected chi connectivity index (χ1v) is 4.59. The number of ether oxygens (including phenoxy) is 1. The number of benzene rings is 1. The third-order valence-electron chi connectivity index (χ3n) is 1.84. The summed E-state index contributed by atoms with van der Waals surface area (Å²) in [5, 5.41) is 26.1. The summed E-state index contributed by atoms with van der Waals surface area (Å²) in [4.78, 5) is 21.1. The van der Waals surface area contributed by atoms with Crippen molar-refractivity contribution in [1.82, 2.24) is 0 Å². The van der Waals surface area contributed by atoms with Gasteiger partial charge in [-0.2, -0.15) is 0 Å². The monoisotopic (exact) mass is 238 g/mol. The van der Waals surface area contributed by atoms with Crippen LogP contribution in [0.5, 0.6) is 0 Å². The smallest absolute Gasteiger partial charge is 0.375 e. The van der Waals surface area contributed by atoms with Gasteiger partial charge in [0, 0.05) is 0 Å². The Morgan fingerprint density at radius 1 is 1.00 bits per heavy atom. The van der Waals surface area contributed by atoms with Gasteiger partial charge in [-0.25, -0.2) is 9.59 Å². The fraction of sp³-hybridized carbons (Fsp3) is 0.0909. The summed E-state index contributed by atoms with van der Waals surface area (Å²) < 4.78 is 4.76. The number of aliphatic carboxylic acids is 2. The Balaban J connectivity index is 2.80. The Bertz CT molecular complexity index is 448. The van der Waals surface area contributed by atoms with E-state index in [9.17, 15) is 9.59 Å². The van der Waals surface area contributed by atoms with Gasteiger partial charge in [-0.3, -0.25) is 0 Å². The number of aliphatic hydroxyl groups excluding tert-OH is 1. The van der Waals surface area contributed by atoms with Crippen LogP contribution >= 0.6 is 0 Å². The summed E-state index contributed by atoms with van der Waals surface area (Å²) in [5.41, 5.74) is 0.657. The molecule has 6 nitrogen and oxygen atoms in total. The fourth-order valence-corrected chi connectivity index (χ4v) is 1.06. The predicted octanol–water partition coefficient (Wildman–Crippen LogP) is 1.14. The number of aliphatic hydroxyl groups is 1. The first-order chi connectivity index (χ1) is 8.02. The van der Waals surface area contributed by atoms with Crippen LogP contribution in [-0.2, 0) is 20.9 Å². The summed E-state index contributed by atoms with van der Waals surface area (Å²) in [6.45, 7) is -0.139. The van der Waals surface area contributed by atoms with Gasteiger partial charge in [0.1, 0.15) is 6.61 Å². The second-order valence-electron chi connectivity index (χ2n) is 3.06. The molecule has 1 aromatic carbocycles. The standard InChI is InChI=1S/C11H10O6/c12-8(10(13)14)9(11(15)16)17-6-7-4-2-1-3-5-7/h1-5,12H,6H2,(H,13,14)(H,15,16)/b9-8+. The van der Waals surface area contributed by atoms with Gasteiger partial charge >= 0.3 is 11.9 Å². The molecule has 1 rings (SSSR count). The van der Waals surface area contributed by atoms with Crippen LogP contribution in [0, 0.1) is 0 Å². The van der Waals surface area contributed by atoms with Crippen molar-refractivity contribution in [2.24, 2.45) is 0 Å². The van der Waals surface area contributed by atoms with E-state index in [1.807, 2.05) is 0 Å². The second kappa shape index (κ2) is 5.55. The molecule has 6 heteroatoms. The van der Waals surface area contributed by atoms with Crippen LogP contribution in [0.1, 0.15) is 5.56 Å². The Morgan fingerprint density at radius 2 is 1.59 bits per heavy atom. The average Bonchev–Trinajstić information content (AvgIpc) is 2.29. The Hall–Kier alpha value is -2.50. The Morgan fingerprint density at radius 3 is 2.06 bits per heavy atom. The normalized spacial score (nSPS) is 11.5. The minimum absolute atomic E-state index is 0.139. The lowest BCUT2D eigenvalue weighted by atomic mass is 10.2. The molecule has 0 atom stereocenters. The van der Waals surface area contributed by atoms with E-state index in [-0.39, 0.29) is 6.61 Å². The Kier molecular flexibility index (Phi) is 4.10. The molecule has 0 heterocycles. The molecule has 0 bridgehead atoms. The van der Waals surface area contributed by atoms with Crippen LogP contribution in [0.15, 0.2) is 41.9 Å². The molecule has 0 aliphatic rings. The van der Waals surface area contributed by atoms with Gasteiger partial charge in [-0.05, 0) is 5.56 Å². The van der Waals surface area contributed by atoms with Crippen molar-refractivity contribution < 1.29 is 29.6 Å². The maximum atomic E-state index is 10.7. The minimum atomic E-state index is -1.75. The summed E-state index contributed by atoms with van der Waals surface area (Å²) >= 11 is 0. The van der Waals surface area contributed by atoms with E-state index in [4.69, 9.17) is 20.1 Å². The lowest BCUT2D eigenvalue weighted by Crippen LogP contribution is -2.13. The van der Waals surface area contributed by atoms with Gasteiger partial charge in [0.2, 0.25) is 0 Å². The quantitative estimate of drug-likeness (QED) is 0.525. The molecule has 0 aliphatic heterocycles. The van der Waals surface area contributed by atoms with Crippen LogP contribution < -0.4 is 0 Å². The van der Waals surface area contributed by atoms with Crippen molar-refractivity contribution in [3.63, 3.8) is 0 Å². The van der Waals surface area contributed by atoms with E-state index in [0.717, 1.165) is 0 Å². The van der Waals surface area contributed by atoms with Crippen LogP contribution in [-0.4, -0.2) is 27.3 Å². The van der Waals surface area contributed by atoms with Gasteiger partial charge in [-0.1, -0.05) is 30.3 Å². The van der Waals surface area contributed by atoms with Gasteiger partial charge in [0.15, 0.2) is 0 Å². The van der Waals surface area contributed by atoms with Gasteiger partial charge in [-0.15, -0.1) is 0 Å². The molecule has 0 fully saturated rings. The molecule has 0 saturated carbocycles. The highest BCUT2D eigenvalue weighted by molar-refractivity contribution is 5.95. The number of carbonyl (C=O) groups is 2.